The molecule has 2 aromatic rings. The van der Waals surface area contributed by atoms with Crippen molar-refractivity contribution in [3.63, 3.8) is 0 Å². The molecular formula is C17H20O3S. The van der Waals surface area contributed by atoms with Crippen LogP contribution in [0.3, 0.4) is 0 Å². The first-order valence-electron chi connectivity index (χ1n) is 6.87. The third kappa shape index (κ3) is 4.69. The van der Waals surface area contributed by atoms with E-state index < -0.39 is 6.10 Å². The first-order valence-corrected chi connectivity index (χ1v) is 7.86. The molecule has 0 fully saturated rings. The second-order valence-electron chi connectivity index (χ2n) is 4.59. The molecule has 21 heavy (non-hydrogen) atoms. The predicted molar refractivity (Wildman–Crippen MR) is 86.3 cm³/mol. The molecule has 0 heterocycles. The van der Waals surface area contributed by atoms with E-state index in [1.807, 2.05) is 36.4 Å². The number of hydrogen-bond acceptors (Lipinski definition) is 4. The van der Waals surface area contributed by atoms with Crippen molar-refractivity contribution in [1.29, 1.82) is 0 Å². The Balaban J connectivity index is 1.92. The van der Waals surface area contributed by atoms with Crippen molar-refractivity contribution in [2.45, 2.75) is 17.9 Å². The van der Waals surface area contributed by atoms with Crippen LogP contribution in [0.25, 0.3) is 0 Å². The maximum atomic E-state index is 9.78. The summed E-state index contributed by atoms with van der Waals surface area (Å²) in [6.07, 6.45) is -0.562. The quantitative estimate of drug-likeness (QED) is 0.621. The summed E-state index contributed by atoms with van der Waals surface area (Å²) in [5.41, 5.74) is 0.778. The van der Waals surface area contributed by atoms with Gasteiger partial charge in [0, 0.05) is 22.3 Å². The summed E-state index contributed by atoms with van der Waals surface area (Å²) < 4.78 is 11.0. The zero-order valence-electron chi connectivity index (χ0n) is 12.3. The van der Waals surface area contributed by atoms with Gasteiger partial charge in [-0.2, -0.15) is 0 Å². The number of rotatable bonds is 7. The molecular weight excluding hydrogens is 284 g/mol. The highest BCUT2D eigenvalue weighted by Crippen LogP contribution is 2.29. The van der Waals surface area contributed by atoms with E-state index in [-0.39, 0.29) is 0 Å². The monoisotopic (exact) mass is 304 g/mol. The lowest BCUT2D eigenvalue weighted by molar-refractivity contribution is 0.192. The van der Waals surface area contributed by atoms with Crippen LogP contribution >= 0.6 is 11.8 Å². The van der Waals surface area contributed by atoms with Gasteiger partial charge in [-0.15, -0.1) is 11.8 Å². The van der Waals surface area contributed by atoms with Crippen molar-refractivity contribution in [2.24, 2.45) is 0 Å². The number of benzene rings is 2. The number of aliphatic hydroxyl groups is 1. The standard InChI is InChI=1S/C17H20O3S/c1-13(18)16-9-8-14(19-2)12-17(16)20-10-11-21-15-6-4-3-5-7-15/h3-9,12-13,18H,10-11H2,1-2H3. The Hall–Kier alpha value is -1.65. The summed E-state index contributed by atoms with van der Waals surface area (Å²) >= 11 is 1.75. The van der Waals surface area contributed by atoms with Crippen LogP contribution in [0.1, 0.15) is 18.6 Å². The van der Waals surface area contributed by atoms with Crippen LogP contribution < -0.4 is 9.47 Å². The smallest absolute Gasteiger partial charge is 0.128 e. The van der Waals surface area contributed by atoms with Gasteiger partial charge in [0.1, 0.15) is 11.5 Å². The number of thioether (sulfide) groups is 1. The average Bonchev–Trinajstić information content (AvgIpc) is 2.52. The van der Waals surface area contributed by atoms with E-state index in [0.29, 0.717) is 12.4 Å². The predicted octanol–water partition coefficient (Wildman–Crippen LogP) is 3.92. The van der Waals surface area contributed by atoms with Crippen molar-refractivity contribution < 1.29 is 14.6 Å². The molecule has 0 spiro atoms. The molecule has 2 rings (SSSR count). The third-order valence-electron chi connectivity index (χ3n) is 3.02. The molecule has 0 saturated carbocycles. The van der Waals surface area contributed by atoms with E-state index in [0.717, 1.165) is 17.1 Å². The molecule has 4 heteroatoms. The molecule has 3 nitrogen and oxygen atoms in total. The van der Waals surface area contributed by atoms with Crippen LogP contribution in [0.2, 0.25) is 0 Å². The van der Waals surface area contributed by atoms with E-state index >= 15 is 0 Å². The van der Waals surface area contributed by atoms with Crippen LogP contribution in [-0.2, 0) is 0 Å². The lowest BCUT2D eigenvalue weighted by Gasteiger charge is -2.14. The van der Waals surface area contributed by atoms with Gasteiger partial charge in [-0.1, -0.05) is 18.2 Å². The summed E-state index contributed by atoms with van der Waals surface area (Å²) in [6.45, 7) is 2.31. The lowest BCUT2D eigenvalue weighted by atomic mass is 10.1. The zero-order chi connectivity index (χ0) is 15.1. The van der Waals surface area contributed by atoms with Gasteiger partial charge in [0.15, 0.2) is 0 Å². The van der Waals surface area contributed by atoms with Gasteiger partial charge in [-0.3, -0.25) is 0 Å². The minimum atomic E-state index is -0.562. The van der Waals surface area contributed by atoms with E-state index in [9.17, 15) is 5.11 Å². The van der Waals surface area contributed by atoms with Crippen molar-refractivity contribution >= 4 is 11.8 Å². The summed E-state index contributed by atoms with van der Waals surface area (Å²) in [7, 11) is 1.62. The Kier molecular flexibility index (Phi) is 5.96. The van der Waals surface area contributed by atoms with Gasteiger partial charge in [0.25, 0.3) is 0 Å². The molecule has 0 saturated heterocycles. The molecule has 112 valence electrons. The Bertz CT molecular complexity index is 555. The minimum absolute atomic E-state index is 0.562. The van der Waals surface area contributed by atoms with Gasteiger partial charge in [0.05, 0.1) is 19.8 Å². The third-order valence-corrected chi connectivity index (χ3v) is 4.00. The second-order valence-corrected chi connectivity index (χ2v) is 5.76. The van der Waals surface area contributed by atoms with Crippen molar-refractivity contribution in [3.8, 4) is 11.5 Å². The van der Waals surface area contributed by atoms with Crippen LogP contribution in [-0.4, -0.2) is 24.6 Å². The van der Waals surface area contributed by atoms with Gasteiger partial charge >= 0.3 is 0 Å². The highest BCUT2D eigenvalue weighted by atomic mass is 32.2. The highest BCUT2D eigenvalue weighted by Gasteiger charge is 2.10. The normalized spacial score (nSPS) is 12.0. The van der Waals surface area contributed by atoms with Crippen LogP contribution in [0.15, 0.2) is 53.4 Å². The summed E-state index contributed by atoms with van der Waals surface area (Å²) in [5, 5.41) is 9.78. The van der Waals surface area contributed by atoms with Gasteiger partial charge < -0.3 is 14.6 Å². The van der Waals surface area contributed by atoms with Crippen molar-refractivity contribution in [1.82, 2.24) is 0 Å². The van der Waals surface area contributed by atoms with Gasteiger partial charge in [-0.05, 0) is 31.2 Å². The highest BCUT2D eigenvalue weighted by molar-refractivity contribution is 7.99. The molecule has 1 N–H and O–H groups in total. The minimum Gasteiger partial charge on any atom is -0.497 e. The SMILES string of the molecule is COc1ccc(C(C)O)c(OCCSc2ccccc2)c1. The summed E-state index contributed by atoms with van der Waals surface area (Å²) in [5.74, 6) is 2.25. The van der Waals surface area contributed by atoms with Gasteiger partial charge in [0.2, 0.25) is 0 Å². The molecule has 0 bridgehead atoms. The number of methoxy groups -OCH3 is 1. The number of hydrogen-bond donors (Lipinski definition) is 1. The summed E-state index contributed by atoms with van der Waals surface area (Å²) in [6, 6.07) is 15.7. The first-order chi connectivity index (χ1) is 10.2. The Labute approximate surface area is 129 Å². The van der Waals surface area contributed by atoms with Crippen LogP contribution in [0.4, 0.5) is 0 Å². The molecule has 0 aliphatic heterocycles. The van der Waals surface area contributed by atoms with E-state index in [2.05, 4.69) is 12.1 Å². The fourth-order valence-electron chi connectivity index (χ4n) is 1.94. The fourth-order valence-corrected chi connectivity index (χ4v) is 2.69. The number of aliphatic hydroxyl groups excluding tert-OH is 1. The van der Waals surface area contributed by atoms with Crippen molar-refractivity contribution in [3.05, 3.63) is 54.1 Å². The molecule has 1 unspecified atom stereocenters. The Morgan fingerprint density at radius 3 is 2.57 bits per heavy atom. The van der Waals surface area contributed by atoms with Crippen LogP contribution in [0.5, 0.6) is 11.5 Å². The molecule has 0 aliphatic rings. The summed E-state index contributed by atoms with van der Waals surface area (Å²) in [4.78, 5) is 1.22. The average molecular weight is 304 g/mol. The fraction of sp³-hybridized carbons (Fsp3) is 0.294. The lowest BCUT2D eigenvalue weighted by Crippen LogP contribution is -2.04. The molecule has 2 aromatic carbocycles. The Morgan fingerprint density at radius 1 is 1.14 bits per heavy atom. The van der Waals surface area contributed by atoms with E-state index in [1.54, 1.807) is 25.8 Å². The molecule has 1 atom stereocenters. The maximum Gasteiger partial charge on any atom is 0.128 e. The first kappa shape index (κ1) is 15.7. The molecule has 0 aromatic heterocycles. The second kappa shape index (κ2) is 7.96. The largest absolute Gasteiger partial charge is 0.497 e. The van der Waals surface area contributed by atoms with E-state index in [4.69, 9.17) is 9.47 Å². The molecule has 0 radical (unpaired) electrons. The number of ether oxygens (including phenoxy) is 2. The van der Waals surface area contributed by atoms with Gasteiger partial charge in [-0.25, -0.2) is 0 Å². The maximum absolute atomic E-state index is 9.78. The Morgan fingerprint density at radius 2 is 1.90 bits per heavy atom. The molecule has 0 amide bonds. The molecule has 0 aliphatic carbocycles. The van der Waals surface area contributed by atoms with E-state index in [1.165, 1.54) is 4.90 Å². The topological polar surface area (TPSA) is 38.7 Å². The zero-order valence-corrected chi connectivity index (χ0v) is 13.1. The van der Waals surface area contributed by atoms with Crippen LogP contribution in [0, 0.1) is 0 Å². The van der Waals surface area contributed by atoms with Crippen molar-refractivity contribution in [2.75, 3.05) is 19.5 Å².